The third-order valence-corrected chi connectivity index (χ3v) is 7.65. The molecule has 3 aliphatic rings. The second kappa shape index (κ2) is 10.4. The zero-order chi connectivity index (χ0) is 27.0. The second-order valence-corrected chi connectivity index (χ2v) is 11.3. The summed E-state index contributed by atoms with van der Waals surface area (Å²) in [7, 11) is 0. The van der Waals surface area contributed by atoms with Crippen molar-refractivity contribution in [3.8, 4) is 0 Å². The number of carbonyl (C=O) groups excluding carboxylic acids is 3. The number of hydrogen-bond acceptors (Lipinski definition) is 6. The van der Waals surface area contributed by atoms with Crippen molar-refractivity contribution in [2.45, 2.75) is 44.7 Å². The Labute approximate surface area is 222 Å². The largest absolute Gasteiger partial charge is 0.345 e. The van der Waals surface area contributed by atoms with Crippen LogP contribution in [0.2, 0.25) is 0 Å². The maximum atomic E-state index is 13.8. The number of nitrogens with one attached hydrogen (secondary N) is 2. The molecule has 0 radical (unpaired) electrons. The number of amides is 3. The topological polar surface area (TPSA) is 97.9 Å². The van der Waals surface area contributed by atoms with Crippen LogP contribution in [0.1, 0.15) is 37.6 Å². The standard InChI is InChI=1S/C28H35FN6O3/c1-18-13-33(22(11-30-18)14-34-15-24(36)31-12-25(34)37)16-26(38)35-17-28(2,3)27-23(35)9-20(10-32-27)8-19-4-6-21(29)7-5-19/h4-7,9-10,18,22,30H,8,11-17H2,1-3H3,(H,31,36)/t18-,22-/m1/s1. The van der Waals surface area contributed by atoms with Crippen molar-refractivity contribution in [2.24, 2.45) is 0 Å². The number of anilines is 1. The zero-order valence-corrected chi connectivity index (χ0v) is 22.2. The first kappa shape index (κ1) is 26.2. The van der Waals surface area contributed by atoms with Crippen LogP contribution in [0.15, 0.2) is 36.5 Å². The number of aromatic nitrogens is 1. The summed E-state index contributed by atoms with van der Waals surface area (Å²) >= 11 is 0. The zero-order valence-electron chi connectivity index (χ0n) is 22.2. The Morgan fingerprint density at radius 1 is 1.18 bits per heavy atom. The summed E-state index contributed by atoms with van der Waals surface area (Å²) in [6.45, 7) is 8.75. The molecule has 202 valence electrons. The van der Waals surface area contributed by atoms with Crippen LogP contribution in [0.25, 0.3) is 0 Å². The van der Waals surface area contributed by atoms with Gasteiger partial charge < -0.3 is 20.4 Å². The van der Waals surface area contributed by atoms with E-state index in [0.29, 0.717) is 32.6 Å². The molecule has 1 aromatic heterocycles. The Bertz CT molecular complexity index is 1230. The minimum Gasteiger partial charge on any atom is -0.345 e. The van der Waals surface area contributed by atoms with Gasteiger partial charge in [-0.3, -0.25) is 24.3 Å². The Hall–Kier alpha value is -3.37. The SMILES string of the molecule is C[C@@H]1CN(CC(=O)N2CC(C)(C)c3ncc(Cc4ccc(F)cc4)cc32)[C@@H](CN2CC(=O)NCC2=O)CN1. The maximum Gasteiger partial charge on any atom is 0.242 e. The number of piperazine rings is 2. The van der Waals surface area contributed by atoms with Gasteiger partial charge in [0.25, 0.3) is 0 Å². The quantitative estimate of drug-likeness (QED) is 0.589. The summed E-state index contributed by atoms with van der Waals surface area (Å²) in [5.41, 5.74) is 3.36. The number of pyridine rings is 1. The highest BCUT2D eigenvalue weighted by molar-refractivity contribution is 5.97. The van der Waals surface area contributed by atoms with E-state index in [1.807, 2.05) is 17.2 Å². The highest BCUT2D eigenvalue weighted by Gasteiger charge is 2.41. The van der Waals surface area contributed by atoms with Crippen LogP contribution in [0.5, 0.6) is 0 Å². The number of fused-ring (bicyclic) bond motifs is 1. The van der Waals surface area contributed by atoms with Gasteiger partial charge in [0.1, 0.15) is 5.82 Å². The van der Waals surface area contributed by atoms with E-state index in [2.05, 4.69) is 36.3 Å². The number of halogens is 1. The molecule has 0 saturated carbocycles. The summed E-state index contributed by atoms with van der Waals surface area (Å²) in [5, 5.41) is 6.03. The fourth-order valence-corrected chi connectivity index (χ4v) is 5.62. The molecule has 4 heterocycles. The molecule has 9 nitrogen and oxygen atoms in total. The number of hydrogen-bond donors (Lipinski definition) is 2. The molecule has 0 spiro atoms. The number of nitrogens with zero attached hydrogens (tertiary/aromatic N) is 4. The fraction of sp³-hybridized carbons (Fsp3) is 0.500. The van der Waals surface area contributed by atoms with E-state index in [4.69, 9.17) is 4.98 Å². The molecule has 5 rings (SSSR count). The molecule has 2 N–H and O–H groups in total. The van der Waals surface area contributed by atoms with E-state index in [1.165, 1.54) is 12.1 Å². The predicted octanol–water partition coefficient (Wildman–Crippen LogP) is 1.06. The van der Waals surface area contributed by atoms with Crippen LogP contribution in [0.3, 0.4) is 0 Å². The van der Waals surface area contributed by atoms with E-state index < -0.39 is 0 Å². The highest BCUT2D eigenvalue weighted by atomic mass is 19.1. The molecule has 1 aromatic carbocycles. The van der Waals surface area contributed by atoms with Crippen molar-refractivity contribution in [1.29, 1.82) is 0 Å². The molecule has 2 fully saturated rings. The van der Waals surface area contributed by atoms with Gasteiger partial charge in [-0.25, -0.2) is 4.39 Å². The molecule has 3 amide bonds. The van der Waals surface area contributed by atoms with Gasteiger partial charge in [-0.05, 0) is 42.7 Å². The monoisotopic (exact) mass is 522 g/mol. The first-order valence-electron chi connectivity index (χ1n) is 13.1. The normalized spacial score (nSPS) is 23.4. The average Bonchev–Trinajstić information content (AvgIpc) is 3.14. The van der Waals surface area contributed by atoms with Gasteiger partial charge in [0.15, 0.2) is 0 Å². The van der Waals surface area contributed by atoms with E-state index in [-0.39, 0.29) is 60.7 Å². The Morgan fingerprint density at radius 2 is 1.95 bits per heavy atom. The lowest BCUT2D eigenvalue weighted by Gasteiger charge is -2.42. The Morgan fingerprint density at radius 3 is 2.71 bits per heavy atom. The van der Waals surface area contributed by atoms with Crippen LogP contribution >= 0.6 is 0 Å². The van der Waals surface area contributed by atoms with Gasteiger partial charge in [0.05, 0.1) is 31.0 Å². The van der Waals surface area contributed by atoms with Crippen LogP contribution < -0.4 is 15.5 Å². The van der Waals surface area contributed by atoms with E-state index in [1.54, 1.807) is 17.0 Å². The summed E-state index contributed by atoms with van der Waals surface area (Å²) in [5.74, 6) is -0.555. The Balaban J connectivity index is 1.33. The van der Waals surface area contributed by atoms with Crippen LogP contribution in [0.4, 0.5) is 10.1 Å². The van der Waals surface area contributed by atoms with Gasteiger partial charge in [-0.15, -0.1) is 0 Å². The Kier molecular flexibility index (Phi) is 7.19. The predicted molar refractivity (Wildman–Crippen MR) is 141 cm³/mol. The van der Waals surface area contributed by atoms with Crippen LogP contribution in [-0.4, -0.2) is 90.4 Å². The van der Waals surface area contributed by atoms with E-state index in [9.17, 15) is 18.8 Å². The molecule has 2 aromatic rings. The summed E-state index contributed by atoms with van der Waals surface area (Å²) in [4.78, 5) is 48.3. The van der Waals surface area contributed by atoms with Crippen LogP contribution in [0, 0.1) is 5.82 Å². The number of benzene rings is 1. The third kappa shape index (κ3) is 5.56. The molecule has 0 bridgehead atoms. The molecule has 3 aliphatic heterocycles. The van der Waals surface area contributed by atoms with Gasteiger partial charge in [0, 0.05) is 49.9 Å². The van der Waals surface area contributed by atoms with E-state index in [0.717, 1.165) is 22.5 Å². The second-order valence-electron chi connectivity index (χ2n) is 11.3. The lowest BCUT2D eigenvalue weighted by atomic mass is 9.91. The van der Waals surface area contributed by atoms with Crippen molar-refractivity contribution in [1.82, 2.24) is 25.4 Å². The molecule has 0 aliphatic carbocycles. The van der Waals surface area contributed by atoms with E-state index >= 15 is 0 Å². The fourth-order valence-electron chi connectivity index (χ4n) is 5.62. The van der Waals surface area contributed by atoms with Crippen molar-refractivity contribution in [3.05, 3.63) is 59.2 Å². The van der Waals surface area contributed by atoms with Gasteiger partial charge in [0.2, 0.25) is 17.7 Å². The number of rotatable bonds is 6. The van der Waals surface area contributed by atoms with Crippen molar-refractivity contribution >= 4 is 23.4 Å². The molecule has 10 heteroatoms. The van der Waals surface area contributed by atoms with Gasteiger partial charge in [-0.2, -0.15) is 0 Å². The minimum atomic E-state index is -0.289. The lowest BCUT2D eigenvalue weighted by Crippen LogP contribution is -2.63. The minimum absolute atomic E-state index is 0.0145. The molecule has 2 atom stereocenters. The summed E-state index contributed by atoms with van der Waals surface area (Å²) < 4.78 is 13.3. The smallest absolute Gasteiger partial charge is 0.242 e. The first-order chi connectivity index (χ1) is 18.1. The van der Waals surface area contributed by atoms with Gasteiger partial charge in [-0.1, -0.05) is 26.0 Å². The lowest BCUT2D eigenvalue weighted by molar-refractivity contribution is -0.141. The van der Waals surface area contributed by atoms with Gasteiger partial charge >= 0.3 is 0 Å². The van der Waals surface area contributed by atoms with Crippen LogP contribution in [-0.2, 0) is 26.2 Å². The average molecular weight is 523 g/mol. The maximum absolute atomic E-state index is 13.8. The van der Waals surface area contributed by atoms with Crippen molar-refractivity contribution in [2.75, 3.05) is 50.7 Å². The molecular weight excluding hydrogens is 487 g/mol. The molecular formula is C28H35FN6O3. The number of carbonyl (C=O) groups is 3. The third-order valence-electron chi connectivity index (χ3n) is 7.65. The summed E-state index contributed by atoms with van der Waals surface area (Å²) in [6, 6.07) is 8.57. The highest BCUT2D eigenvalue weighted by Crippen LogP contribution is 2.39. The van der Waals surface area contributed by atoms with Crippen molar-refractivity contribution < 1.29 is 18.8 Å². The molecule has 2 saturated heterocycles. The molecule has 0 unspecified atom stereocenters. The molecule has 38 heavy (non-hydrogen) atoms. The van der Waals surface area contributed by atoms with Crippen molar-refractivity contribution in [3.63, 3.8) is 0 Å². The summed E-state index contributed by atoms with van der Waals surface area (Å²) in [6.07, 6.45) is 2.44. The first-order valence-corrected chi connectivity index (χ1v) is 13.1.